The van der Waals surface area contributed by atoms with Gasteiger partial charge in [0.15, 0.2) is 0 Å². The van der Waals surface area contributed by atoms with E-state index in [0.717, 1.165) is 31.2 Å². The smallest absolute Gasteiger partial charge is 0.329 e. The van der Waals surface area contributed by atoms with Gasteiger partial charge in [0.05, 0.1) is 26.4 Å². The highest BCUT2D eigenvalue weighted by molar-refractivity contribution is 5.92. The van der Waals surface area contributed by atoms with E-state index < -0.39 is 17.4 Å². The van der Waals surface area contributed by atoms with Crippen molar-refractivity contribution in [2.24, 2.45) is 17.8 Å². The maximum absolute atomic E-state index is 13.4. The highest BCUT2D eigenvalue weighted by Gasteiger charge is 2.62. The quantitative estimate of drug-likeness (QED) is 0.498. The van der Waals surface area contributed by atoms with Crippen LogP contribution in [0.2, 0.25) is 0 Å². The molecule has 0 aromatic heterocycles. The second kappa shape index (κ2) is 12.0. The molecule has 3 unspecified atom stereocenters. The second-order valence-electron chi connectivity index (χ2n) is 10.3. The third-order valence-electron chi connectivity index (χ3n) is 7.76. The van der Waals surface area contributed by atoms with Gasteiger partial charge in [0.1, 0.15) is 5.54 Å². The fourth-order valence-electron chi connectivity index (χ4n) is 5.48. The van der Waals surface area contributed by atoms with Gasteiger partial charge < -0.3 is 24.8 Å². The number of hydrogen-bond acceptors (Lipinski definition) is 5. The van der Waals surface area contributed by atoms with Crippen LogP contribution in [0.4, 0.5) is 0 Å². The van der Waals surface area contributed by atoms with Crippen LogP contribution in [0.3, 0.4) is 0 Å². The van der Waals surface area contributed by atoms with Crippen LogP contribution < -0.4 is 5.32 Å². The zero-order valence-corrected chi connectivity index (χ0v) is 20.5. The molecule has 2 aliphatic carbocycles. The summed E-state index contributed by atoms with van der Waals surface area (Å²) in [6.07, 6.45) is 6.74. The normalized spacial score (nSPS) is 25.6. The van der Waals surface area contributed by atoms with Crippen molar-refractivity contribution >= 4 is 17.8 Å². The van der Waals surface area contributed by atoms with E-state index in [9.17, 15) is 19.5 Å². The molecule has 2 saturated carbocycles. The first-order valence-electron chi connectivity index (χ1n) is 13.0. The van der Waals surface area contributed by atoms with Crippen molar-refractivity contribution in [3.63, 3.8) is 0 Å². The Hall–Kier alpha value is -2.45. The minimum atomic E-state index is -1.30. The molecule has 3 fully saturated rings. The third kappa shape index (κ3) is 6.82. The number of carboxylic acid groups (broad SMARTS) is 1. The molecule has 1 heterocycles. The van der Waals surface area contributed by atoms with E-state index >= 15 is 0 Å². The summed E-state index contributed by atoms with van der Waals surface area (Å²) in [5.74, 6) is -1.79. The molecule has 4 rings (SSSR count). The Balaban J connectivity index is 1.36. The van der Waals surface area contributed by atoms with Crippen LogP contribution in [-0.4, -0.2) is 66.2 Å². The molecular weight excluding hydrogens is 448 g/mol. The monoisotopic (exact) mass is 486 g/mol. The number of nitrogens with zero attached hydrogens (tertiary/aromatic N) is 1. The average molecular weight is 487 g/mol. The van der Waals surface area contributed by atoms with Gasteiger partial charge in [0, 0.05) is 31.3 Å². The van der Waals surface area contributed by atoms with Crippen LogP contribution in [0.5, 0.6) is 0 Å². The molecule has 1 aromatic rings. The summed E-state index contributed by atoms with van der Waals surface area (Å²) < 4.78 is 11.1. The Morgan fingerprint density at radius 1 is 1.11 bits per heavy atom. The first kappa shape index (κ1) is 25.6. The number of morpholine rings is 1. The molecule has 0 bridgehead atoms. The maximum atomic E-state index is 13.4. The first-order chi connectivity index (χ1) is 17.0. The zero-order valence-electron chi connectivity index (χ0n) is 20.5. The van der Waals surface area contributed by atoms with Gasteiger partial charge in [0.2, 0.25) is 11.8 Å². The van der Waals surface area contributed by atoms with Crippen molar-refractivity contribution in [3.8, 4) is 0 Å². The van der Waals surface area contributed by atoms with Crippen LogP contribution in [0, 0.1) is 17.8 Å². The molecule has 1 saturated heterocycles. The van der Waals surface area contributed by atoms with Gasteiger partial charge in [-0.15, -0.1) is 0 Å². The summed E-state index contributed by atoms with van der Waals surface area (Å²) in [5.41, 5.74) is -0.284. The van der Waals surface area contributed by atoms with Crippen molar-refractivity contribution in [1.29, 1.82) is 0 Å². The van der Waals surface area contributed by atoms with E-state index in [2.05, 4.69) is 5.32 Å². The molecule has 3 atom stereocenters. The van der Waals surface area contributed by atoms with Gasteiger partial charge >= 0.3 is 5.97 Å². The molecule has 2 amide bonds. The predicted octanol–water partition coefficient (Wildman–Crippen LogP) is 3.00. The average Bonchev–Trinajstić information content (AvgIpc) is 3.59. The van der Waals surface area contributed by atoms with E-state index in [-0.39, 0.29) is 30.8 Å². The number of aliphatic carboxylic acids is 1. The summed E-state index contributed by atoms with van der Waals surface area (Å²) >= 11 is 0. The van der Waals surface area contributed by atoms with Crippen LogP contribution in [-0.2, 0) is 30.5 Å². The summed E-state index contributed by atoms with van der Waals surface area (Å²) in [6.45, 7) is 2.77. The molecule has 1 aliphatic heterocycles. The molecule has 1 aromatic carbocycles. The van der Waals surface area contributed by atoms with Crippen molar-refractivity contribution in [2.75, 3.05) is 32.9 Å². The molecule has 8 nitrogen and oxygen atoms in total. The van der Waals surface area contributed by atoms with Crippen LogP contribution in [0.15, 0.2) is 30.3 Å². The summed E-state index contributed by atoms with van der Waals surface area (Å²) in [6, 6.07) is 9.72. The number of ether oxygens (including phenoxy) is 2. The number of rotatable bonds is 11. The largest absolute Gasteiger partial charge is 0.479 e. The van der Waals surface area contributed by atoms with Gasteiger partial charge in [-0.2, -0.15) is 0 Å². The fourth-order valence-corrected chi connectivity index (χ4v) is 5.48. The zero-order chi connectivity index (χ0) is 24.7. The Labute approximate surface area is 207 Å². The number of benzene rings is 1. The van der Waals surface area contributed by atoms with E-state index in [1.165, 1.54) is 6.42 Å². The fraction of sp³-hybridized carbons (Fsp3) is 0.667. The lowest BCUT2D eigenvalue weighted by Gasteiger charge is -2.30. The molecular formula is C27H38N2O6. The summed E-state index contributed by atoms with van der Waals surface area (Å²) in [4.78, 5) is 40.3. The van der Waals surface area contributed by atoms with E-state index in [1.54, 1.807) is 4.90 Å². The van der Waals surface area contributed by atoms with Gasteiger partial charge in [-0.05, 0) is 24.3 Å². The molecule has 0 radical (unpaired) electrons. The van der Waals surface area contributed by atoms with E-state index in [4.69, 9.17) is 9.47 Å². The number of nitrogens with one attached hydrogen (secondary N) is 1. The minimum absolute atomic E-state index is 0.0489. The lowest BCUT2D eigenvalue weighted by atomic mass is 9.81. The number of amides is 2. The van der Waals surface area contributed by atoms with E-state index in [1.807, 2.05) is 30.3 Å². The third-order valence-corrected chi connectivity index (χ3v) is 7.76. The summed E-state index contributed by atoms with van der Waals surface area (Å²) in [7, 11) is 0. The lowest BCUT2D eigenvalue weighted by Crippen LogP contribution is -2.49. The molecule has 8 heteroatoms. The number of carbonyl (C=O) groups excluding carboxylic acids is 2. The van der Waals surface area contributed by atoms with Crippen LogP contribution >= 0.6 is 0 Å². The Kier molecular flexibility index (Phi) is 8.78. The summed E-state index contributed by atoms with van der Waals surface area (Å²) in [5, 5.41) is 12.8. The highest BCUT2D eigenvalue weighted by atomic mass is 16.5. The predicted molar refractivity (Wildman–Crippen MR) is 129 cm³/mol. The number of carbonyl (C=O) groups is 3. The van der Waals surface area contributed by atoms with Gasteiger partial charge in [-0.3, -0.25) is 9.59 Å². The van der Waals surface area contributed by atoms with Gasteiger partial charge in [-0.25, -0.2) is 4.79 Å². The molecule has 2 N–H and O–H groups in total. The van der Waals surface area contributed by atoms with Gasteiger partial charge in [0.25, 0.3) is 0 Å². The molecule has 3 aliphatic rings. The highest BCUT2D eigenvalue weighted by Crippen LogP contribution is 2.44. The Morgan fingerprint density at radius 2 is 1.83 bits per heavy atom. The van der Waals surface area contributed by atoms with Crippen molar-refractivity contribution < 1.29 is 29.0 Å². The number of hydrogen-bond donors (Lipinski definition) is 2. The molecule has 0 spiro atoms. The Bertz CT molecular complexity index is 866. The minimum Gasteiger partial charge on any atom is -0.479 e. The van der Waals surface area contributed by atoms with Crippen LogP contribution in [0.1, 0.15) is 56.9 Å². The first-order valence-corrected chi connectivity index (χ1v) is 13.0. The second-order valence-corrected chi connectivity index (χ2v) is 10.3. The topological polar surface area (TPSA) is 105 Å². The number of carboxylic acids is 1. The maximum Gasteiger partial charge on any atom is 0.329 e. The van der Waals surface area contributed by atoms with Crippen molar-refractivity contribution in [3.05, 3.63) is 35.9 Å². The Morgan fingerprint density at radius 3 is 2.51 bits per heavy atom. The SMILES string of the molecule is O=C(NC1(C(=O)O)CC1COCc1ccccc1)C(CC(=O)N1CCOCC1)CC1CCCCC1. The van der Waals surface area contributed by atoms with E-state index in [0.29, 0.717) is 51.7 Å². The van der Waals surface area contributed by atoms with Crippen molar-refractivity contribution in [1.82, 2.24) is 10.2 Å². The molecule has 192 valence electrons. The van der Waals surface area contributed by atoms with Crippen molar-refractivity contribution in [2.45, 2.75) is 63.5 Å². The van der Waals surface area contributed by atoms with Crippen LogP contribution in [0.25, 0.3) is 0 Å². The lowest BCUT2D eigenvalue weighted by molar-refractivity contribution is -0.145. The molecule has 35 heavy (non-hydrogen) atoms. The standard InChI is InChI=1S/C27H38N2O6/c30-24(29-11-13-34-14-12-29)16-22(15-20-7-3-1-4-8-20)25(31)28-27(26(32)33)17-23(27)19-35-18-21-9-5-2-6-10-21/h2,5-6,9-10,20,22-23H,1,3-4,7-8,11-19H2,(H,28,31)(H,32,33). The van der Waals surface area contributed by atoms with Gasteiger partial charge in [-0.1, -0.05) is 62.4 Å².